The van der Waals surface area contributed by atoms with Gasteiger partial charge in [0.05, 0.1) is 26.4 Å². The molecule has 2 aliphatic carbocycles. The Morgan fingerprint density at radius 1 is 0.488 bits per heavy atom. The van der Waals surface area contributed by atoms with Gasteiger partial charge in [-0.2, -0.15) is 0 Å². The zero-order chi connectivity index (χ0) is 30.7. The van der Waals surface area contributed by atoms with Crippen LogP contribution in [0.15, 0.2) is 36.4 Å². The molecule has 2 fully saturated rings. The molecular weight excluding hydrogens is 544 g/mol. The molecule has 0 unspecified atom stereocenters. The summed E-state index contributed by atoms with van der Waals surface area (Å²) in [6.07, 6.45) is 10.4. The highest BCUT2D eigenvalue weighted by atomic mass is 16.3. The second-order valence-electron chi connectivity index (χ2n) is 12.7. The standard InChI is InChI=1S/C36H46O7/c1-36(28-12-24(18-37)33(41)25(13-28)19-38,29-14-26(20-39)34(42)31(16-29)22-8-4-2-5-9-22)30-15-27(21-40)35(43)32(17-30)23-10-6-3-7-11-23/h12-17,22-23,37-43H,2-11,18-21H2,1H3. The van der Waals surface area contributed by atoms with E-state index in [4.69, 9.17) is 0 Å². The van der Waals surface area contributed by atoms with Crippen molar-refractivity contribution in [2.75, 3.05) is 0 Å². The first kappa shape index (κ1) is 31.3. The van der Waals surface area contributed by atoms with Gasteiger partial charge in [-0.05, 0) is 96.5 Å². The van der Waals surface area contributed by atoms with E-state index in [1.165, 1.54) is 0 Å². The minimum atomic E-state index is -0.983. The number of benzene rings is 3. The monoisotopic (exact) mass is 590 g/mol. The minimum absolute atomic E-state index is 0.114. The van der Waals surface area contributed by atoms with Crippen molar-refractivity contribution in [3.05, 3.63) is 86.5 Å². The first-order valence-electron chi connectivity index (χ1n) is 15.8. The minimum Gasteiger partial charge on any atom is -0.507 e. The van der Waals surface area contributed by atoms with Crippen molar-refractivity contribution in [3.63, 3.8) is 0 Å². The second kappa shape index (κ2) is 13.3. The highest BCUT2D eigenvalue weighted by Gasteiger charge is 2.37. The molecule has 43 heavy (non-hydrogen) atoms. The molecule has 0 bridgehead atoms. The van der Waals surface area contributed by atoms with Crippen LogP contribution in [0.5, 0.6) is 17.2 Å². The number of rotatable bonds is 9. The van der Waals surface area contributed by atoms with Crippen molar-refractivity contribution in [1.29, 1.82) is 0 Å². The topological polar surface area (TPSA) is 142 Å². The zero-order valence-corrected chi connectivity index (χ0v) is 25.1. The van der Waals surface area contributed by atoms with Gasteiger partial charge in [-0.1, -0.05) is 50.7 Å². The van der Waals surface area contributed by atoms with Gasteiger partial charge in [0.1, 0.15) is 17.2 Å². The maximum absolute atomic E-state index is 11.3. The summed E-state index contributed by atoms with van der Waals surface area (Å²) >= 11 is 0. The second-order valence-corrected chi connectivity index (χ2v) is 12.7. The van der Waals surface area contributed by atoms with Gasteiger partial charge in [0, 0.05) is 27.7 Å². The Kier molecular flexibility index (Phi) is 9.67. The van der Waals surface area contributed by atoms with E-state index in [1.54, 1.807) is 24.3 Å². The van der Waals surface area contributed by atoms with Gasteiger partial charge >= 0.3 is 0 Å². The van der Waals surface area contributed by atoms with Gasteiger partial charge in [0.15, 0.2) is 0 Å². The Bertz CT molecular complexity index is 1330. The Morgan fingerprint density at radius 2 is 0.791 bits per heavy atom. The summed E-state index contributed by atoms with van der Waals surface area (Å²) in [5.74, 6) is 0.362. The van der Waals surface area contributed by atoms with Crippen LogP contribution in [0.3, 0.4) is 0 Å². The molecule has 2 aliphatic rings. The highest BCUT2D eigenvalue weighted by molar-refractivity contribution is 5.60. The van der Waals surface area contributed by atoms with E-state index >= 15 is 0 Å². The van der Waals surface area contributed by atoms with Gasteiger partial charge in [-0.3, -0.25) is 0 Å². The van der Waals surface area contributed by atoms with Crippen LogP contribution in [-0.2, 0) is 31.8 Å². The molecular formula is C36H46O7. The lowest BCUT2D eigenvalue weighted by Gasteiger charge is -2.36. The van der Waals surface area contributed by atoms with Gasteiger partial charge in [0.25, 0.3) is 0 Å². The van der Waals surface area contributed by atoms with E-state index < -0.39 is 18.6 Å². The fourth-order valence-electron chi connectivity index (χ4n) is 7.50. The zero-order valence-electron chi connectivity index (χ0n) is 25.1. The molecule has 0 amide bonds. The van der Waals surface area contributed by atoms with E-state index in [9.17, 15) is 35.7 Å². The molecule has 5 rings (SSSR count). The Labute approximate surface area is 254 Å². The van der Waals surface area contributed by atoms with Gasteiger partial charge in [0.2, 0.25) is 0 Å². The average molecular weight is 591 g/mol. The molecule has 0 aliphatic heterocycles. The quantitative estimate of drug-likeness (QED) is 0.147. The van der Waals surface area contributed by atoms with Crippen molar-refractivity contribution >= 4 is 0 Å². The van der Waals surface area contributed by atoms with Crippen molar-refractivity contribution in [1.82, 2.24) is 0 Å². The number of phenols is 3. The number of hydrogen-bond acceptors (Lipinski definition) is 7. The highest BCUT2D eigenvalue weighted by Crippen LogP contribution is 2.49. The third-order valence-electron chi connectivity index (χ3n) is 10.2. The molecule has 7 heteroatoms. The third-order valence-corrected chi connectivity index (χ3v) is 10.2. The maximum atomic E-state index is 11.3. The van der Waals surface area contributed by atoms with Gasteiger partial charge in [-0.25, -0.2) is 0 Å². The number of aliphatic hydroxyl groups is 4. The van der Waals surface area contributed by atoms with Gasteiger partial charge < -0.3 is 35.7 Å². The molecule has 2 saturated carbocycles. The molecule has 7 N–H and O–H groups in total. The average Bonchev–Trinajstić information content (AvgIpc) is 3.05. The lowest BCUT2D eigenvalue weighted by Crippen LogP contribution is -2.27. The summed E-state index contributed by atoms with van der Waals surface area (Å²) in [4.78, 5) is 0. The van der Waals surface area contributed by atoms with Crippen molar-refractivity contribution in [3.8, 4) is 17.2 Å². The van der Waals surface area contributed by atoms with Gasteiger partial charge in [-0.15, -0.1) is 0 Å². The Hall–Kier alpha value is -3.10. The van der Waals surface area contributed by atoms with Crippen LogP contribution in [0.25, 0.3) is 0 Å². The Balaban J connectivity index is 1.83. The van der Waals surface area contributed by atoms with E-state index in [2.05, 4.69) is 0 Å². The normalized spacial score (nSPS) is 17.0. The molecule has 0 spiro atoms. The molecule has 7 nitrogen and oxygen atoms in total. The number of aliphatic hydroxyl groups excluding tert-OH is 4. The van der Waals surface area contributed by atoms with E-state index in [0.29, 0.717) is 16.7 Å². The molecule has 3 aromatic carbocycles. The van der Waals surface area contributed by atoms with Crippen LogP contribution >= 0.6 is 0 Å². The predicted octanol–water partition coefficient (Wildman–Crippen LogP) is 6.22. The SMILES string of the molecule is CC(c1cc(CO)c(O)c(CO)c1)(c1cc(CO)c(O)c(C2CCCCC2)c1)c1cc(CO)c(O)c(C2CCCCC2)c1. The largest absolute Gasteiger partial charge is 0.507 e. The Morgan fingerprint density at radius 3 is 1.12 bits per heavy atom. The molecule has 0 aromatic heterocycles. The van der Waals surface area contributed by atoms with Crippen molar-refractivity contribution in [2.24, 2.45) is 0 Å². The first-order chi connectivity index (χ1) is 20.8. The van der Waals surface area contributed by atoms with E-state index in [-0.39, 0.29) is 53.4 Å². The summed E-state index contributed by atoms with van der Waals surface area (Å²) in [7, 11) is 0. The predicted molar refractivity (Wildman–Crippen MR) is 165 cm³/mol. The van der Waals surface area contributed by atoms with Crippen LogP contribution in [0.4, 0.5) is 0 Å². The lowest BCUT2D eigenvalue weighted by molar-refractivity contribution is 0.263. The third kappa shape index (κ3) is 5.88. The molecule has 0 saturated heterocycles. The van der Waals surface area contributed by atoms with Crippen LogP contribution < -0.4 is 0 Å². The van der Waals surface area contributed by atoms with Crippen LogP contribution in [0.2, 0.25) is 0 Å². The summed E-state index contributed by atoms with van der Waals surface area (Å²) in [5, 5.41) is 74.4. The summed E-state index contributed by atoms with van der Waals surface area (Å²) in [6, 6.07) is 11.1. The molecule has 0 radical (unpaired) electrons. The summed E-state index contributed by atoms with van der Waals surface area (Å²) < 4.78 is 0. The smallest absolute Gasteiger partial charge is 0.126 e. The molecule has 0 atom stereocenters. The van der Waals surface area contributed by atoms with Crippen LogP contribution in [0.1, 0.15) is 133 Å². The molecule has 3 aromatic rings. The lowest BCUT2D eigenvalue weighted by atomic mass is 9.67. The molecule has 0 heterocycles. The fourth-order valence-corrected chi connectivity index (χ4v) is 7.50. The van der Waals surface area contributed by atoms with Crippen molar-refractivity contribution < 1.29 is 35.7 Å². The van der Waals surface area contributed by atoms with E-state index in [1.807, 2.05) is 19.1 Å². The molecule has 232 valence electrons. The van der Waals surface area contributed by atoms with Crippen LogP contribution in [0, 0.1) is 0 Å². The fraction of sp³-hybridized carbons (Fsp3) is 0.500. The van der Waals surface area contributed by atoms with Crippen molar-refractivity contribution in [2.45, 2.75) is 115 Å². The van der Waals surface area contributed by atoms with E-state index in [0.717, 1.165) is 86.5 Å². The number of aromatic hydroxyl groups is 3. The number of hydrogen-bond donors (Lipinski definition) is 7. The maximum Gasteiger partial charge on any atom is 0.126 e. The summed E-state index contributed by atoms with van der Waals surface area (Å²) in [6.45, 7) is 0.452. The van der Waals surface area contributed by atoms with Crippen LogP contribution in [-0.4, -0.2) is 35.7 Å². The summed E-state index contributed by atoms with van der Waals surface area (Å²) in [5.41, 5.74) is 4.26. The first-order valence-corrected chi connectivity index (χ1v) is 15.8.